The number of nitrogens with zero attached hydrogens (tertiary/aromatic N) is 4. The Labute approximate surface area is 199 Å². The predicted octanol–water partition coefficient (Wildman–Crippen LogP) is 4.27. The number of benzene rings is 3. The zero-order chi connectivity index (χ0) is 23.0. The van der Waals surface area contributed by atoms with Crippen LogP contribution in [0.5, 0.6) is 0 Å². The number of hydrogen-bond acceptors (Lipinski definition) is 5. The largest absolute Gasteiger partial charge is 0.855 e. The molecule has 0 amide bonds. The van der Waals surface area contributed by atoms with E-state index in [1.54, 1.807) is 0 Å². The topological polar surface area (TPSA) is 63.1 Å². The Balaban J connectivity index is 1.43. The molecule has 2 aliphatic rings. The molecule has 0 aromatic heterocycles. The molecule has 7 heteroatoms. The van der Waals surface area contributed by atoms with E-state index in [-0.39, 0.29) is 5.90 Å². The third kappa shape index (κ3) is 4.32. The number of quaternary nitrogens is 1. The lowest BCUT2D eigenvalue weighted by molar-refractivity contribution is -0.920. The molecule has 2 aliphatic heterocycles. The maximum atomic E-state index is 12.9. The molecule has 2 heterocycles. The Morgan fingerprint density at radius 2 is 1.76 bits per heavy atom. The SMILES string of the molecule is Cc1ccccc1/C([O-])=N/[N+]1(C)CCN(C2=Nc3cc(Cl)ccc3Nc3ccccc32)CC1. The summed E-state index contributed by atoms with van der Waals surface area (Å²) in [6.07, 6.45) is 0. The molecule has 0 bridgehead atoms. The maximum Gasteiger partial charge on any atom is 0.139 e. The van der Waals surface area contributed by atoms with Crippen LogP contribution in [0.25, 0.3) is 0 Å². The highest BCUT2D eigenvalue weighted by Crippen LogP contribution is 2.36. The van der Waals surface area contributed by atoms with E-state index in [1.807, 2.05) is 68.6 Å². The Hall–Kier alpha value is -3.35. The Morgan fingerprint density at radius 1 is 1.03 bits per heavy atom. The van der Waals surface area contributed by atoms with Crippen LogP contribution >= 0.6 is 11.6 Å². The highest BCUT2D eigenvalue weighted by atomic mass is 35.5. The monoisotopic (exact) mass is 459 g/mol. The molecule has 168 valence electrons. The third-order valence-electron chi connectivity index (χ3n) is 6.33. The normalized spacial score (nSPS) is 17.4. The van der Waals surface area contributed by atoms with Gasteiger partial charge in [0.2, 0.25) is 0 Å². The van der Waals surface area contributed by atoms with Crippen LogP contribution in [0.3, 0.4) is 0 Å². The lowest BCUT2D eigenvalue weighted by Crippen LogP contribution is -2.56. The van der Waals surface area contributed by atoms with Gasteiger partial charge in [-0.3, -0.25) is 0 Å². The van der Waals surface area contributed by atoms with Gasteiger partial charge in [-0.2, -0.15) is 4.59 Å². The van der Waals surface area contributed by atoms with Crippen LogP contribution in [0.2, 0.25) is 5.02 Å². The summed E-state index contributed by atoms with van der Waals surface area (Å²) in [4.78, 5) is 7.31. The number of nitrogens with one attached hydrogen (secondary N) is 1. The van der Waals surface area contributed by atoms with E-state index in [0.29, 0.717) is 28.3 Å². The number of fused-ring (bicyclic) bond motifs is 2. The van der Waals surface area contributed by atoms with E-state index in [1.165, 1.54) is 0 Å². The molecule has 0 unspecified atom stereocenters. The molecule has 0 spiro atoms. The van der Waals surface area contributed by atoms with Gasteiger partial charge in [-0.25, -0.2) is 4.99 Å². The second-order valence-electron chi connectivity index (χ2n) is 8.76. The second-order valence-corrected chi connectivity index (χ2v) is 9.20. The summed E-state index contributed by atoms with van der Waals surface area (Å²) in [5.41, 5.74) is 5.43. The highest BCUT2D eigenvalue weighted by Gasteiger charge is 2.32. The number of hydrogen-bond donors (Lipinski definition) is 1. The lowest BCUT2D eigenvalue weighted by atomic mass is 10.1. The van der Waals surface area contributed by atoms with E-state index in [4.69, 9.17) is 16.6 Å². The Kier molecular flexibility index (Phi) is 5.56. The van der Waals surface area contributed by atoms with Gasteiger partial charge in [0.05, 0.1) is 37.4 Å². The number of rotatable bonds is 2. The Bertz CT molecular complexity index is 1260. The molecular formula is C26H26ClN5O. The van der Waals surface area contributed by atoms with E-state index in [0.717, 1.165) is 47.1 Å². The first kappa shape index (κ1) is 21.5. The molecule has 33 heavy (non-hydrogen) atoms. The van der Waals surface area contributed by atoms with Crippen molar-refractivity contribution in [3.8, 4) is 0 Å². The van der Waals surface area contributed by atoms with Crippen LogP contribution in [-0.4, -0.2) is 54.5 Å². The number of aliphatic imine (C=N–C) groups is 1. The molecule has 0 radical (unpaired) electrons. The highest BCUT2D eigenvalue weighted by molar-refractivity contribution is 6.31. The fourth-order valence-corrected chi connectivity index (χ4v) is 4.51. The molecule has 3 aromatic rings. The molecule has 1 N–H and O–H groups in total. The van der Waals surface area contributed by atoms with Crippen molar-refractivity contribution >= 4 is 40.4 Å². The van der Waals surface area contributed by atoms with Crippen LogP contribution in [-0.2, 0) is 0 Å². The second kappa shape index (κ2) is 8.54. The summed E-state index contributed by atoms with van der Waals surface area (Å²) in [6, 6.07) is 21.5. The molecule has 1 saturated heterocycles. The van der Waals surface area contributed by atoms with Crippen molar-refractivity contribution in [2.45, 2.75) is 6.92 Å². The smallest absolute Gasteiger partial charge is 0.139 e. The van der Waals surface area contributed by atoms with Crippen LogP contribution in [0.4, 0.5) is 17.1 Å². The summed E-state index contributed by atoms with van der Waals surface area (Å²) in [7, 11) is 2.02. The van der Waals surface area contributed by atoms with Gasteiger partial charge in [0, 0.05) is 16.3 Å². The number of piperazine rings is 1. The van der Waals surface area contributed by atoms with Gasteiger partial charge in [-0.1, -0.05) is 53.1 Å². The first-order valence-corrected chi connectivity index (χ1v) is 11.5. The fraction of sp³-hybridized carbons (Fsp3) is 0.231. The molecule has 0 aliphatic carbocycles. The minimum absolute atomic E-state index is 0.158. The van der Waals surface area contributed by atoms with Crippen molar-refractivity contribution in [1.29, 1.82) is 0 Å². The quantitative estimate of drug-likeness (QED) is 0.353. The summed E-state index contributed by atoms with van der Waals surface area (Å²) < 4.78 is 0.360. The Morgan fingerprint density at radius 3 is 2.55 bits per heavy atom. The molecule has 5 rings (SSSR count). The molecule has 6 nitrogen and oxygen atoms in total. The third-order valence-corrected chi connectivity index (χ3v) is 6.57. The summed E-state index contributed by atoms with van der Waals surface area (Å²) >= 11 is 6.26. The standard InChI is InChI=1S/C26H26ClN5O/c1-18-7-3-4-8-20(18)26(33)30-32(2)15-13-31(14-16-32)25-21-9-5-6-10-22(21)28-23-12-11-19(27)17-24(23)29-25/h3-12,17H,13-16H2,1-2H3,(H-,28,29,30,33). The van der Waals surface area contributed by atoms with Crippen molar-refractivity contribution in [2.75, 3.05) is 38.5 Å². The molecule has 3 aromatic carbocycles. The van der Waals surface area contributed by atoms with Gasteiger partial charge >= 0.3 is 0 Å². The summed E-state index contributed by atoms with van der Waals surface area (Å²) in [5.74, 6) is 0.754. The number of aryl methyl sites for hydroxylation is 1. The van der Waals surface area contributed by atoms with E-state index < -0.39 is 0 Å². The van der Waals surface area contributed by atoms with Crippen LogP contribution in [0.15, 0.2) is 76.8 Å². The summed E-state index contributed by atoms with van der Waals surface area (Å²) in [6.45, 7) is 4.86. The molecule has 0 atom stereocenters. The van der Waals surface area contributed by atoms with Crippen LogP contribution < -0.4 is 10.4 Å². The van der Waals surface area contributed by atoms with Crippen molar-refractivity contribution in [3.05, 3.63) is 88.4 Å². The lowest BCUT2D eigenvalue weighted by Gasteiger charge is -2.39. The van der Waals surface area contributed by atoms with E-state index in [9.17, 15) is 5.11 Å². The molecular weight excluding hydrogens is 434 g/mol. The van der Waals surface area contributed by atoms with E-state index >= 15 is 0 Å². The minimum Gasteiger partial charge on any atom is -0.855 e. The van der Waals surface area contributed by atoms with Gasteiger partial charge in [0.15, 0.2) is 0 Å². The maximum absolute atomic E-state index is 12.9. The molecule has 1 fully saturated rings. The summed E-state index contributed by atoms with van der Waals surface area (Å²) in [5, 5.41) is 21.6. The van der Waals surface area contributed by atoms with Gasteiger partial charge in [-0.15, -0.1) is 0 Å². The van der Waals surface area contributed by atoms with Crippen molar-refractivity contribution in [2.24, 2.45) is 10.1 Å². The van der Waals surface area contributed by atoms with Gasteiger partial charge in [0.25, 0.3) is 0 Å². The first-order valence-electron chi connectivity index (χ1n) is 11.1. The van der Waals surface area contributed by atoms with Gasteiger partial charge < -0.3 is 15.3 Å². The number of likely N-dealkylation sites (N-methyl/N-ethyl adjacent to an activating group) is 1. The number of para-hydroxylation sites is 1. The van der Waals surface area contributed by atoms with Crippen LogP contribution in [0.1, 0.15) is 16.7 Å². The number of amidine groups is 1. The van der Waals surface area contributed by atoms with Crippen molar-refractivity contribution in [1.82, 2.24) is 4.90 Å². The number of halogens is 1. The zero-order valence-electron chi connectivity index (χ0n) is 18.8. The average Bonchev–Trinajstić information content (AvgIpc) is 2.96. The van der Waals surface area contributed by atoms with E-state index in [2.05, 4.69) is 27.5 Å². The van der Waals surface area contributed by atoms with Crippen molar-refractivity contribution in [3.63, 3.8) is 0 Å². The first-order chi connectivity index (χ1) is 15.9. The van der Waals surface area contributed by atoms with Crippen LogP contribution in [0, 0.1) is 6.92 Å². The van der Waals surface area contributed by atoms with Crippen molar-refractivity contribution < 1.29 is 9.70 Å². The number of anilines is 2. The van der Waals surface area contributed by atoms with Gasteiger partial charge in [0.1, 0.15) is 18.9 Å². The van der Waals surface area contributed by atoms with Gasteiger partial charge in [-0.05, 0) is 48.4 Å². The predicted molar refractivity (Wildman–Crippen MR) is 133 cm³/mol. The average molecular weight is 460 g/mol. The minimum atomic E-state index is -0.158. The fourth-order valence-electron chi connectivity index (χ4n) is 4.34. The molecule has 0 saturated carbocycles. The zero-order valence-corrected chi connectivity index (χ0v) is 19.5.